The molecule has 0 aliphatic carbocycles. The van der Waals surface area contributed by atoms with Crippen LogP contribution in [0.1, 0.15) is 12.5 Å². The van der Waals surface area contributed by atoms with E-state index in [4.69, 9.17) is 34.8 Å². The van der Waals surface area contributed by atoms with E-state index in [1.165, 1.54) is 12.1 Å². The van der Waals surface area contributed by atoms with Crippen molar-refractivity contribution in [2.75, 3.05) is 23.7 Å². The summed E-state index contributed by atoms with van der Waals surface area (Å²) in [5.74, 6) is -0.252. The van der Waals surface area contributed by atoms with Crippen LogP contribution < -0.4 is 16.0 Å². The maximum absolute atomic E-state index is 12.6. The van der Waals surface area contributed by atoms with Crippen LogP contribution in [0.25, 0.3) is 0 Å². The lowest BCUT2D eigenvalue weighted by Crippen LogP contribution is -2.22. The molecule has 5 nitrogen and oxygen atoms in total. The maximum atomic E-state index is 12.6. The molecule has 0 unspecified atom stereocenters. The number of allylic oxidation sites excluding steroid dienone is 1. The molecule has 1 amide bonds. The summed E-state index contributed by atoms with van der Waals surface area (Å²) in [4.78, 5) is 15.7. The molecule has 0 saturated carbocycles. The van der Waals surface area contributed by atoms with Gasteiger partial charge in [0.25, 0.3) is 0 Å². The summed E-state index contributed by atoms with van der Waals surface area (Å²) in [6.45, 7) is 2.37. The lowest BCUT2D eigenvalue weighted by atomic mass is 10.3. The van der Waals surface area contributed by atoms with Crippen LogP contribution in [0.2, 0.25) is 15.1 Å². The Morgan fingerprint density at radius 1 is 1.14 bits per heavy atom. The molecule has 0 atom stereocenters. The van der Waals surface area contributed by atoms with E-state index in [9.17, 15) is 18.0 Å². The van der Waals surface area contributed by atoms with Crippen LogP contribution in [0, 0.1) is 0 Å². The Hall–Kier alpha value is -2.16. The van der Waals surface area contributed by atoms with Gasteiger partial charge in [-0.05, 0) is 31.2 Å². The largest absolute Gasteiger partial charge is 0.417 e. The highest BCUT2D eigenvalue weighted by Gasteiger charge is 2.31. The number of halogens is 6. The summed E-state index contributed by atoms with van der Waals surface area (Å²) in [7, 11) is 0. The first-order chi connectivity index (χ1) is 13.6. The number of benzene rings is 1. The lowest BCUT2D eigenvalue weighted by molar-refractivity contribution is -0.137. The average Bonchev–Trinajstić information content (AvgIpc) is 2.61. The van der Waals surface area contributed by atoms with Crippen molar-refractivity contribution in [2.45, 2.75) is 13.1 Å². The zero-order valence-electron chi connectivity index (χ0n) is 15.0. The number of alkyl halides is 3. The Morgan fingerprint density at radius 3 is 2.48 bits per heavy atom. The Labute approximate surface area is 180 Å². The van der Waals surface area contributed by atoms with Gasteiger partial charge in [-0.1, -0.05) is 34.8 Å². The number of pyridine rings is 1. The van der Waals surface area contributed by atoms with Gasteiger partial charge in [-0.3, -0.25) is 4.79 Å². The summed E-state index contributed by atoms with van der Waals surface area (Å²) in [5, 5.41) is 9.07. The number of nitrogens with zero attached hydrogens (tertiary/aromatic N) is 1. The third kappa shape index (κ3) is 7.30. The topological polar surface area (TPSA) is 66.1 Å². The predicted molar refractivity (Wildman–Crippen MR) is 110 cm³/mol. The summed E-state index contributed by atoms with van der Waals surface area (Å²) in [6, 6.07) is 5.51. The van der Waals surface area contributed by atoms with Gasteiger partial charge in [-0.25, -0.2) is 4.98 Å². The molecule has 0 spiro atoms. The molecule has 0 fully saturated rings. The molecule has 0 bridgehead atoms. The Bertz CT molecular complexity index is 920. The molecule has 0 aliphatic heterocycles. The van der Waals surface area contributed by atoms with E-state index < -0.39 is 11.7 Å². The number of carbonyl (C=O) groups excluding carboxylic acids is 1. The molecule has 1 aromatic carbocycles. The van der Waals surface area contributed by atoms with Crippen molar-refractivity contribution in [3.8, 4) is 0 Å². The van der Waals surface area contributed by atoms with Gasteiger partial charge in [0.1, 0.15) is 5.82 Å². The van der Waals surface area contributed by atoms with Crippen LogP contribution >= 0.6 is 34.8 Å². The Morgan fingerprint density at radius 2 is 1.86 bits per heavy atom. The number of nitrogens with one attached hydrogen (secondary N) is 3. The molecule has 11 heteroatoms. The second-order valence-electron chi connectivity index (χ2n) is 5.85. The van der Waals surface area contributed by atoms with Crippen molar-refractivity contribution < 1.29 is 18.0 Å². The molecule has 0 radical (unpaired) electrons. The van der Waals surface area contributed by atoms with E-state index in [1.54, 1.807) is 19.1 Å². The molecular weight excluding hydrogens is 452 g/mol. The third-order valence-corrected chi connectivity index (χ3v) is 4.36. The van der Waals surface area contributed by atoms with Gasteiger partial charge in [0, 0.05) is 36.1 Å². The summed E-state index contributed by atoms with van der Waals surface area (Å²) in [5.41, 5.74) is 0.0763. The molecule has 156 valence electrons. The number of aromatic nitrogens is 1. The van der Waals surface area contributed by atoms with Crippen molar-refractivity contribution in [3.05, 3.63) is 62.9 Å². The van der Waals surface area contributed by atoms with Gasteiger partial charge in [0.2, 0.25) is 5.91 Å². The minimum Gasteiger partial charge on any atom is -0.387 e. The molecule has 0 aliphatic rings. The highest BCUT2D eigenvalue weighted by atomic mass is 35.5. The van der Waals surface area contributed by atoms with Crippen molar-refractivity contribution in [1.29, 1.82) is 0 Å². The molecular formula is C18H16Cl3F3N4O. The Kier molecular flexibility index (Phi) is 8.01. The second-order valence-corrected chi connectivity index (χ2v) is 7.10. The standard InChI is InChI=1S/C18H16Cl3F3N4O/c1-10(6-16(29)28-15-3-2-12(19)8-13(15)20)25-4-5-26-17-14(21)7-11(9-27-17)18(22,23)24/h2-3,6-9,25H,4-5H2,1H3,(H,26,27)(H,28,29). The van der Waals surface area contributed by atoms with E-state index >= 15 is 0 Å². The maximum Gasteiger partial charge on any atom is 0.417 e. The number of anilines is 2. The van der Waals surface area contributed by atoms with E-state index in [0.29, 0.717) is 40.7 Å². The van der Waals surface area contributed by atoms with Crippen molar-refractivity contribution in [3.63, 3.8) is 0 Å². The number of hydrogen-bond donors (Lipinski definition) is 3. The fourth-order valence-corrected chi connectivity index (χ4v) is 2.86. The van der Waals surface area contributed by atoms with E-state index in [2.05, 4.69) is 20.9 Å². The summed E-state index contributed by atoms with van der Waals surface area (Å²) in [6.07, 6.45) is -2.46. The van der Waals surface area contributed by atoms with Crippen LogP contribution in [0.3, 0.4) is 0 Å². The molecule has 2 rings (SSSR count). The van der Waals surface area contributed by atoms with E-state index in [0.717, 1.165) is 6.07 Å². The second kappa shape index (κ2) is 10.0. The van der Waals surface area contributed by atoms with Gasteiger partial charge in [-0.15, -0.1) is 0 Å². The Balaban J connectivity index is 1.81. The monoisotopic (exact) mass is 466 g/mol. The quantitative estimate of drug-likeness (QED) is 0.366. The number of hydrogen-bond acceptors (Lipinski definition) is 4. The van der Waals surface area contributed by atoms with Gasteiger partial charge < -0.3 is 16.0 Å². The van der Waals surface area contributed by atoms with Crippen LogP contribution in [-0.2, 0) is 11.0 Å². The SMILES string of the molecule is CC(=CC(=O)Nc1ccc(Cl)cc1Cl)NCCNc1ncc(C(F)(F)F)cc1Cl. The van der Waals surface area contributed by atoms with Crippen LogP contribution in [-0.4, -0.2) is 24.0 Å². The van der Waals surface area contributed by atoms with E-state index in [1.807, 2.05) is 0 Å². The molecule has 3 N–H and O–H groups in total. The number of carbonyl (C=O) groups is 1. The minimum absolute atomic E-state index is 0.133. The van der Waals surface area contributed by atoms with Gasteiger partial charge in [-0.2, -0.15) is 13.2 Å². The number of rotatable bonds is 7. The zero-order valence-corrected chi connectivity index (χ0v) is 17.3. The first kappa shape index (κ1) is 23.1. The summed E-state index contributed by atoms with van der Waals surface area (Å²) < 4.78 is 37.8. The van der Waals surface area contributed by atoms with Crippen molar-refractivity contribution in [1.82, 2.24) is 10.3 Å². The minimum atomic E-state index is -4.50. The fraction of sp³-hybridized carbons (Fsp3) is 0.222. The molecule has 0 saturated heterocycles. The van der Waals surface area contributed by atoms with Crippen LogP contribution in [0.5, 0.6) is 0 Å². The van der Waals surface area contributed by atoms with Crippen molar-refractivity contribution >= 4 is 52.2 Å². The predicted octanol–water partition coefficient (Wildman–Crippen LogP) is 5.60. The molecule has 1 aromatic heterocycles. The molecule has 2 aromatic rings. The highest BCUT2D eigenvalue weighted by molar-refractivity contribution is 6.36. The summed E-state index contributed by atoms with van der Waals surface area (Å²) >= 11 is 17.6. The lowest BCUT2D eigenvalue weighted by Gasteiger charge is -2.12. The smallest absolute Gasteiger partial charge is 0.387 e. The van der Waals surface area contributed by atoms with Gasteiger partial charge in [0.15, 0.2) is 0 Å². The van der Waals surface area contributed by atoms with Gasteiger partial charge >= 0.3 is 6.18 Å². The average molecular weight is 468 g/mol. The van der Waals surface area contributed by atoms with E-state index in [-0.39, 0.29) is 16.7 Å². The van der Waals surface area contributed by atoms with Crippen LogP contribution in [0.15, 0.2) is 42.2 Å². The third-order valence-electron chi connectivity index (χ3n) is 3.53. The molecule has 29 heavy (non-hydrogen) atoms. The van der Waals surface area contributed by atoms with Gasteiger partial charge in [0.05, 0.1) is 21.3 Å². The van der Waals surface area contributed by atoms with Crippen molar-refractivity contribution in [2.24, 2.45) is 0 Å². The zero-order chi connectivity index (χ0) is 21.6. The normalized spacial score (nSPS) is 11.9. The van der Waals surface area contributed by atoms with Crippen LogP contribution in [0.4, 0.5) is 24.7 Å². The fourth-order valence-electron chi connectivity index (χ4n) is 2.17. The first-order valence-electron chi connectivity index (χ1n) is 8.21. The highest BCUT2D eigenvalue weighted by Crippen LogP contribution is 2.32. The first-order valence-corrected chi connectivity index (χ1v) is 9.34. The number of amides is 1. The molecule has 1 heterocycles.